The summed E-state index contributed by atoms with van der Waals surface area (Å²) in [6.45, 7) is 0. The third-order valence-corrected chi connectivity index (χ3v) is 4.40. The Hall–Kier alpha value is -4.26. The van der Waals surface area contributed by atoms with Gasteiger partial charge >= 0.3 is 11.9 Å². The number of carbonyl (C=O) groups is 2. The van der Waals surface area contributed by atoms with Crippen LogP contribution in [0.25, 0.3) is 6.08 Å². The van der Waals surface area contributed by atoms with Crippen molar-refractivity contribution in [3.63, 3.8) is 0 Å². The fourth-order valence-electron chi connectivity index (χ4n) is 2.90. The first kappa shape index (κ1) is 20.0. The third-order valence-electron chi connectivity index (χ3n) is 4.40. The van der Waals surface area contributed by atoms with Crippen LogP contribution in [-0.4, -0.2) is 24.9 Å². The zero-order chi connectivity index (χ0) is 21.8. The number of hydrogen-bond donors (Lipinski definition) is 0. The molecule has 0 aliphatic carbocycles. The number of rotatable bonds is 5. The largest absolute Gasteiger partial charge is 0.497 e. The number of cyclic esters (lactones) is 1. The predicted octanol–water partition coefficient (Wildman–Crippen LogP) is 4.40. The lowest BCUT2D eigenvalue weighted by Crippen LogP contribution is -2.10. The van der Waals surface area contributed by atoms with Gasteiger partial charge in [0.05, 0.1) is 12.7 Å². The van der Waals surface area contributed by atoms with Crippen molar-refractivity contribution >= 4 is 23.9 Å². The van der Waals surface area contributed by atoms with E-state index in [0.29, 0.717) is 16.9 Å². The van der Waals surface area contributed by atoms with Crippen molar-refractivity contribution < 1.29 is 28.2 Å². The minimum Gasteiger partial charge on any atom is -0.497 e. The maximum absolute atomic E-state index is 13.8. The summed E-state index contributed by atoms with van der Waals surface area (Å²) < 4.78 is 29.5. The van der Waals surface area contributed by atoms with Crippen LogP contribution in [0.1, 0.15) is 21.5 Å². The molecule has 0 unspecified atom stereocenters. The molecule has 0 saturated carbocycles. The molecular weight excluding hydrogens is 401 g/mol. The molecule has 0 fully saturated rings. The molecule has 6 nitrogen and oxygen atoms in total. The van der Waals surface area contributed by atoms with Gasteiger partial charge in [-0.15, -0.1) is 0 Å². The number of nitrogens with zero attached hydrogens (tertiary/aromatic N) is 1. The van der Waals surface area contributed by atoms with Gasteiger partial charge < -0.3 is 14.2 Å². The van der Waals surface area contributed by atoms with Crippen LogP contribution in [0.3, 0.4) is 0 Å². The van der Waals surface area contributed by atoms with Crippen molar-refractivity contribution in [3.05, 3.63) is 101 Å². The van der Waals surface area contributed by atoms with Crippen molar-refractivity contribution in [1.82, 2.24) is 0 Å². The maximum atomic E-state index is 13.8. The second-order valence-electron chi connectivity index (χ2n) is 6.51. The average Bonchev–Trinajstić information content (AvgIpc) is 3.14. The van der Waals surface area contributed by atoms with Crippen molar-refractivity contribution in [2.75, 3.05) is 7.11 Å². The van der Waals surface area contributed by atoms with E-state index in [1.165, 1.54) is 30.3 Å². The molecule has 0 spiro atoms. The van der Waals surface area contributed by atoms with Crippen LogP contribution in [0.4, 0.5) is 4.39 Å². The smallest absolute Gasteiger partial charge is 0.363 e. The molecule has 0 aromatic heterocycles. The lowest BCUT2D eigenvalue weighted by atomic mass is 10.2. The fourth-order valence-corrected chi connectivity index (χ4v) is 2.90. The van der Waals surface area contributed by atoms with Gasteiger partial charge in [-0.05, 0) is 54.1 Å². The Labute approximate surface area is 177 Å². The van der Waals surface area contributed by atoms with Crippen molar-refractivity contribution in [2.24, 2.45) is 4.99 Å². The lowest BCUT2D eigenvalue weighted by molar-refractivity contribution is -0.129. The first-order chi connectivity index (χ1) is 15.0. The van der Waals surface area contributed by atoms with Crippen LogP contribution in [-0.2, 0) is 9.53 Å². The van der Waals surface area contributed by atoms with Crippen LogP contribution in [0.2, 0.25) is 0 Å². The van der Waals surface area contributed by atoms with Crippen molar-refractivity contribution in [2.45, 2.75) is 0 Å². The predicted molar refractivity (Wildman–Crippen MR) is 111 cm³/mol. The Balaban J connectivity index is 1.56. The molecule has 4 rings (SSSR count). The van der Waals surface area contributed by atoms with E-state index >= 15 is 0 Å². The molecule has 1 aliphatic rings. The molecule has 1 aliphatic heterocycles. The van der Waals surface area contributed by atoms with Crippen LogP contribution in [0, 0.1) is 5.82 Å². The highest BCUT2D eigenvalue weighted by molar-refractivity contribution is 6.13. The number of aliphatic imine (C=N–C) groups is 1. The van der Waals surface area contributed by atoms with Gasteiger partial charge in [-0.2, -0.15) is 0 Å². The molecule has 7 heteroatoms. The number of hydrogen-bond acceptors (Lipinski definition) is 6. The molecule has 0 amide bonds. The second-order valence-corrected chi connectivity index (χ2v) is 6.51. The molecule has 1 heterocycles. The van der Waals surface area contributed by atoms with E-state index in [9.17, 15) is 14.0 Å². The number of carbonyl (C=O) groups excluding carboxylic acids is 2. The maximum Gasteiger partial charge on any atom is 0.363 e. The van der Waals surface area contributed by atoms with E-state index in [0.717, 1.165) is 0 Å². The van der Waals surface area contributed by atoms with Gasteiger partial charge in [-0.25, -0.2) is 19.0 Å². The van der Waals surface area contributed by atoms with Gasteiger partial charge in [0.15, 0.2) is 5.70 Å². The summed E-state index contributed by atoms with van der Waals surface area (Å²) in [7, 11) is 1.54. The first-order valence-corrected chi connectivity index (χ1v) is 9.27. The molecule has 0 bridgehead atoms. The Morgan fingerprint density at radius 3 is 2.58 bits per heavy atom. The van der Waals surface area contributed by atoms with E-state index in [2.05, 4.69) is 4.99 Å². The summed E-state index contributed by atoms with van der Waals surface area (Å²) in [6, 6.07) is 19.0. The van der Waals surface area contributed by atoms with Gasteiger partial charge in [-0.1, -0.05) is 30.3 Å². The summed E-state index contributed by atoms with van der Waals surface area (Å²) in [5.74, 6) is -1.12. The van der Waals surface area contributed by atoms with Crippen molar-refractivity contribution in [1.29, 1.82) is 0 Å². The zero-order valence-electron chi connectivity index (χ0n) is 16.4. The molecule has 0 atom stereocenters. The second kappa shape index (κ2) is 8.62. The summed E-state index contributed by atoms with van der Waals surface area (Å²) in [6.07, 6.45) is 1.51. The standard InChI is InChI=1S/C24H16FNO5/c1-29-17-8-5-7-16(14-17)22-26-21(24(28)31-22)13-15-6-4-9-18(12-15)30-23(27)19-10-2-3-11-20(19)25/h2-14H,1H3/b21-13-. The molecular formula is C24H16FNO5. The third kappa shape index (κ3) is 4.51. The number of ether oxygens (including phenoxy) is 3. The number of halogens is 1. The van der Waals surface area contributed by atoms with E-state index < -0.39 is 17.8 Å². The van der Waals surface area contributed by atoms with Gasteiger partial charge in [0.1, 0.15) is 17.3 Å². The molecule has 0 radical (unpaired) electrons. The van der Waals surface area contributed by atoms with E-state index in [1.807, 2.05) is 0 Å². The van der Waals surface area contributed by atoms with Gasteiger partial charge in [-0.3, -0.25) is 0 Å². The Morgan fingerprint density at radius 1 is 1.00 bits per heavy atom. The number of esters is 2. The molecule has 0 N–H and O–H groups in total. The summed E-state index contributed by atoms with van der Waals surface area (Å²) in [4.78, 5) is 28.7. The number of benzene rings is 3. The van der Waals surface area contributed by atoms with Crippen LogP contribution in [0.15, 0.2) is 83.5 Å². The first-order valence-electron chi connectivity index (χ1n) is 9.27. The lowest BCUT2D eigenvalue weighted by Gasteiger charge is -2.06. The van der Waals surface area contributed by atoms with E-state index in [-0.39, 0.29) is 22.9 Å². The molecule has 154 valence electrons. The highest BCUT2D eigenvalue weighted by Gasteiger charge is 2.24. The Bertz CT molecular complexity index is 1230. The minimum absolute atomic E-state index is 0.0930. The van der Waals surface area contributed by atoms with E-state index in [1.54, 1.807) is 55.6 Å². The normalized spacial score (nSPS) is 14.2. The monoisotopic (exact) mass is 417 g/mol. The molecule has 3 aromatic carbocycles. The summed E-state index contributed by atoms with van der Waals surface area (Å²) in [5.41, 5.74) is 1.08. The zero-order valence-corrected chi connectivity index (χ0v) is 16.4. The average molecular weight is 417 g/mol. The number of methoxy groups -OCH3 is 1. The highest BCUT2D eigenvalue weighted by Crippen LogP contribution is 2.23. The highest BCUT2D eigenvalue weighted by atomic mass is 19.1. The molecule has 3 aromatic rings. The molecule has 0 saturated heterocycles. The van der Waals surface area contributed by atoms with Crippen LogP contribution >= 0.6 is 0 Å². The minimum atomic E-state index is -0.818. The van der Waals surface area contributed by atoms with Gasteiger partial charge in [0.2, 0.25) is 5.90 Å². The Kier molecular flexibility index (Phi) is 5.57. The summed E-state index contributed by atoms with van der Waals surface area (Å²) >= 11 is 0. The van der Waals surface area contributed by atoms with Crippen LogP contribution < -0.4 is 9.47 Å². The quantitative estimate of drug-likeness (QED) is 0.350. The van der Waals surface area contributed by atoms with Crippen molar-refractivity contribution in [3.8, 4) is 11.5 Å². The molecule has 31 heavy (non-hydrogen) atoms. The topological polar surface area (TPSA) is 74.2 Å². The van der Waals surface area contributed by atoms with Gasteiger partial charge in [0.25, 0.3) is 0 Å². The summed E-state index contributed by atoms with van der Waals surface area (Å²) in [5, 5.41) is 0. The SMILES string of the molecule is COc1cccc(C2=N/C(=C\c3cccc(OC(=O)c4ccccc4F)c3)C(=O)O2)c1. The van der Waals surface area contributed by atoms with E-state index in [4.69, 9.17) is 14.2 Å². The van der Waals surface area contributed by atoms with Crippen LogP contribution in [0.5, 0.6) is 11.5 Å². The van der Waals surface area contributed by atoms with Gasteiger partial charge in [0, 0.05) is 5.56 Å². The fraction of sp³-hybridized carbons (Fsp3) is 0.0417. The Morgan fingerprint density at radius 2 is 1.77 bits per heavy atom.